The molecule has 2 nitrogen and oxygen atoms in total. The van der Waals surface area contributed by atoms with Gasteiger partial charge in [-0.2, -0.15) is 0 Å². The Labute approximate surface area is 99.1 Å². The first-order valence-corrected chi connectivity index (χ1v) is 5.86. The Morgan fingerprint density at radius 3 is 2.75 bits per heavy atom. The predicted octanol–water partition coefficient (Wildman–Crippen LogP) is 3.74. The fourth-order valence-electron chi connectivity index (χ4n) is 1.55. The van der Waals surface area contributed by atoms with E-state index in [-0.39, 0.29) is 5.41 Å². The van der Waals surface area contributed by atoms with Crippen molar-refractivity contribution in [2.75, 3.05) is 0 Å². The van der Waals surface area contributed by atoms with E-state index in [2.05, 4.69) is 68.6 Å². The number of allylic oxidation sites excluding steroid dienone is 2. The standard InChI is InChI=1S/C14H22N2/c1-6-12(3)16-11-10-14(4,5)9-8-13(16)15-7-2/h7-12H,2,6H2,1,3-5H3/b15-13-/t12-/m1/s1. The van der Waals surface area contributed by atoms with Gasteiger partial charge in [0, 0.05) is 23.9 Å². The molecule has 0 aromatic rings. The van der Waals surface area contributed by atoms with Crippen LogP contribution in [0.5, 0.6) is 0 Å². The summed E-state index contributed by atoms with van der Waals surface area (Å²) >= 11 is 0. The molecule has 1 rings (SSSR count). The van der Waals surface area contributed by atoms with Crippen LogP contribution in [0.25, 0.3) is 0 Å². The summed E-state index contributed by atoms with van der Waals surface area (Å²) in [5, 5.41) is 0. The van der Waals surface area contributed by atoms with Crippen LogP contribution < -0.4 is 0 Å². The molecule has 0 unspecified atom stereocenters. The second kappa shape index (κ2) is 5.15. The molecule has 16 heavy (non-hydrogen) atoms. The lowest BCUT2D eigenvalue weighted by molar-refractivity contribution is 0.416. The molecule has 0 aliphatic carbocycles. The summed E-state index contributed by atoms with van der Waals surface area (Å²) in [7, 11) is 0. The number of amidine groups is 1. The zero-order valence-corrected chi connectivity index (χ0v) is 10.8. The summed E-state index contributed by atoms with van der Waals surface area (Å²) < 4.78 is 0. The van der Waals surface area contributed by atoms with Gasteiger partial charge in [0.2, 0.25) is 0 Å². The lowest BCUT2D eigenvalue weighted by Crippen LogP contribution is -2.32. The Hall–Kier alpha value is -1.31. The summed E-state index contributed by atoms with van der Waals surface area (Å²) in [4.78, 5) is 6.53. The van der Waals surface area contributed by atoms with Gasteiger partial charge < -0.3 is 4.90 Å². The highest BCUT2D eigenvalue weighted by Gasteiger charge is 2.18. The summed E-state index contributed by atoms with van der Waals surface area (Å²) in [6.45, 7) is 12.4. The molecule has 0 bridgehead atoms. The minimum Gasteiger partial charge on any atom is -0.331 e. The quantitative estimate of drug-likeness (QED) is 0.704. The van der Waals surface area contributed by atoms with Gasteiger partial charge in [-0.05, 0) is 19.4 Å². The van der Waals surface area contributed by atoms with E-state index in [0.717, 1.165) is 12.3 Å². The van der Waals surface area contributed by atoms with Gasteiger partial charge in [0.15, 0.2) is 0 Å². The van der Waals surface area contributed by atoms with E-state index in [4.69, 9.17) is 0 Å². The van der Waals surface area contributed by atoms with Crippen molar-refractivity contribution in [2.45, 2.75) is 40.2 Å². The highest BCUT2D eigenvalue weighted by atomic mass is 15.2. The molecule has 0 saturated heterocycles. The lowest BCUT2D eigenvalue weighted by atomic mass is 9.93. The highest BCUT2D eigenvalue weighted by Crippen LogP contribution is 2.23. The average molecular weight is 218 g/mol. The topological polar surface area (TPSA) is 15.6 Å². The van der Waals surface area contributed by atoms with Gasteiger partial charge in [0.25, 0.3) is 0 Å². The van der Waals surface area contributed by atoms with E-state index in [1.165, 1.54) is 0 Å². The van der Waals surface area contributed by atoms with E-state index in [1.54, 1.807) is 6.20 Å². The van der Waals surface area contributed by atoms with Crippen LogP contribution in [-0.4, -0.2) is 16.8 Å². The van der Waals surface area contributed by atoms with Crippen LogP contribution in [0, 0.1) is 5.41 Å². The normalized spacial score (nSPS) is 23.2. The minimum atomic E-state index is 0.0875. The zero-order valence-electron chi connectivity index (χ0n) is 10.8. The molecule has 1 heterocycles. The van der Waals surface area contributed by atoms with Crippen LogP contribution in [0.15, 0.2) is 42.2 Å². The van der Waals surface area contributed by atoms with Gasteiger partial charge in [0.05, 0.1) is 0 Å². The van der Waals surface area contributed by atoms with Crippen LogP contribution in [0.3, 0.4) is 0 Å². The van der Waals surface area contributed by atoms with Crippen LogP contribution >= 0.6 is 0 Å². The third-order valence-corrected chi connectivity index (χ3v) is 2.88. The van der Waals surface area contributed by atoms with Crippen molar-refractivity contribution >= 4 is 5.84 Å². The maximum absolute atomic E-state index is 4.33. The molecule has 0 amide bonds. The zero-order chi connectivity index (χ0) is 12.2. The van der Waals surface area contributed by atoms with Crippen molar-refractivity contribution < 1.29 is 0 Å². The van der Waals surface area contributed by atoms with Crippen molar-refractivity contribution in [2.24, 2.45) is 10.4 Å². The Morgan fingerprint density at radius 1 is 1.50 bits per heavy atom. The Bertz CT molecular complexity index is 335. The predicted molar refractivity (Wildman–Crippen MR) is 71.3 cm³/mol. The van der Waals surface area contributed by atoms with Crippen molar-refractivity contribution in [1.82, 2.24) is 4.90 Å². The summed E-state index contributed by atoms with van der Waals surface area (Å²) in [5.41, 5.74) is 0.0875. The van der Waals surface area contributed by atoms with E-state index in [0.29, 0.717) is 6.04 Å². The van der Waals surface area contributed by atoms with Crippen LogP contribution in [0.2, 0.25) is 0 Å². The van der Waals surface area contributed by atoms with Crippen molar-refractivity contribution in [3.8, 4) is 0 Å². The van der Waals surface area contributed by atoms with Crippen LogP contribution in [0.1, 0.15) is 34.1 Å². The van der Waals surface area contributed by atoms with E-state index >= 15 is 0 Å². The number of rotatable bonds is 3. The molecule has 0 spiro atoms. The number of hydrogen-bond donors (Lipinski definition) is 0. The maximum Gasteiger partial charge on any atom is 0.132 e. The SMILES string of the molecule is C=C/N=C1/C=CC(C)(C)C=CN1[C@H](C)CC. The summed E-state index contributed by atoms with van der Waals surface area (Å²) in [6, 6.07) is 0.452. The minimum absolute atomic E-state index is 0.0875. The summed E-state index contributed by atoms with van der Waals surface area (Å²) in [6.07, 6.45) is 11.3. The monoisotopic (exact) mass is 218 g/mol. The molecule has 0 aromatic carbocycles. The Balaban J connectivity index is 3.08. The first-order chi connectivity index (χ1) is 7.50. The molecular weight excluding hydrogens is 196 g/mol. The number of aliphatic imine (C=N–C) groups is 1. The average Bonchev–Trinajstić information content (AvgIpc) is 2.38. The second-order valence-corrected chi connectivity index (χ2v) is 4.80. The van der Waals surface area contributed by atoms with Gasteiger partial charge in [0.1, 0.15) is 5.84 Å². The molecule has 0 radical (unpaired) electrons. The fourth-order valence-corrected chi connectivity index (χ4v) is 1.55. The second-order valence-electron chi connectivity index (χ2n) is 4.80. The van der Waals surface area contributed by atoms with E-state index in [9.17, 15) is 0 Å². The van der Waals surface area contributed by atoms with Crippen molar-refractivity contribution in [1.29, 1.82) is 0 Å². The van der Waals surface area contributed by atoms with Gasteiger partial charge in [-0.1, -0.05) is 39.5 Å². The maximum atomic E-state index is 4.33. The molecule has 1 aliphatic rings. The molecule has 1 aliphatic heterocycles. The third-order valence-electron chi connectivity index (χ3n) is 2.88. The number of nitrogens with zero attached hydrogens (tertiary/aromatic N) is 2. The van der Waals surface area contributed by atoms with E-state index in [1.807, 2.05) is 0 Å². The third kappa shape index (κ3) is 3.09. The van der Waals surface area contributed by atoms with Gasteiger partial charge in [-0.3, -0.25) is 0 Å². The smallest absolute Gasteiger partial charge is 0.132 e. The lowest BCUT2D eigenvalue weighted by Gasteiger charge is -2.26. The van der Waals surface area contributed by atoms with Crippen molar-refractivity contribution in [3.05, 3.63) is 37.2 Å². The molecule has 2 heteroatoms. The molecule has 0 aromatic heterocycles. The molecular formula is C14H22N2. The van der Waals surface area contributed by atoms with Gasteiger partial charge in [-0.25, -0.2) is 4.99 Å². The Morgan fingerprint density at radius 2 is 2.19 bits per heavy atom. The van der Waals surface area contributed by atoms with Crippen molar-refractivity contribution in [3.63, 3.8) is 0 Å². The molecule has 1 atom stereocenters. The molecule has 0 fully saturated rings. The highest BCUT2D eigenvalue weighted by molar-refractivity contribution is 5.94. The first-order valence-electron chi connectivity index (χ1n) is 5.86. The first kappa shape index (κ1) is 12.8. The Kier molecular flexibility index (Phi) is 4.11. The largest absolute Gasteiger partial charge is 0.331 e. The van der Waals surface area contributed by atoms with E-state index < -0.39 is 0 Å². The summed E-state index contributed by atoms with van der Waals surface area (Å²) in [5.74, 6) is 0.964. The molecule has 88 valence electrons. The number of hydrogen-bond acceptors (Lipinski definition) is 1. The fraction of sp³-hybridized carbons (Fsp3) is 0.500. The molecule has 0 N–H and O–H groups in total. The molecule has 0 saturated carbocycles. The van der Waals surface area contributed by atoms with Crippen LogP contribution in [-0.2, 0) is 0 Å². The van der Waals surface area contributed by atoms with Gasteiger partial charge in [-0.15, -0.1) is 0 Å². The van der Waals surface area contributed by atoms with Crippen LogP contribution in [0.4, 0.5) is 0 Å². The van der Waals surface area contributed by atoms with Gasteiger partial charge >= 0.3 is 0 Å².